The van der Waals surface area contributed by atoms with Crippen molar-refractivity contribution in [3.63, 3.8) is 0 Å². The number of nitrogens with one attached hydrogen (secondary N) is 2. The van der Waals surface area contributed by atoms with Crippen LogP contribution in [0.15, 0.2) is 18.2 Å². The first kappa shape index (κ1) is 17.5. The largest absolute Gasteiger partial charge is 0.494 e. The van der Waals surface area contributed by atoms with Crippen LogP contribution in [0.5, 0.6) is 5.75 Å². The molecule has 2 amide bonds. The zero-order valence-electron chi connectivity index (χ0n) is 13.5. The van der Waals surface area contributed by atoms with E-state index in [1.165, 1.54) is 19.2 Å². The first-order chi connectivity index (χ1) is 11.1. The Labute approximate surface area is 136 Å². The molecule has 0 saturated heterocycles. The number of hydrogen-bond acceptors (Lipinski definition) is 3. The van der Waals surface area contributed by atoms with Gasteiger partial charge in [0.25, 0.3) is 0 Å². The Morgan fingerprint density at radius 3 is 2.83 bits per heavy atom. The summed E-state index contributed by atoms with van der Waals surface area (Å²) in [7, 11) is 1.41. The maximum absolute atomic E-state index is 13.6. The minimum atomic E-state index is -0.448. The molecule has 5 nitrogen and oxygen atoms in total. The van der Waals surface area contributed by atoms with Gasteiger partial charge < -0.3 is 20.5 Å². The normalized spacial score (nSPS) is 21.3. The van der Waals surface area contributed by atoms with Crippen LogP contribution in [0.1, 0.15) is 37.7 Å². The molecule has 1 saturated carbocycles. The van der Waals surface area contributed by atoms with Crippen molar-refractivity contribution in [3.05, 3.63) is 29.6 Å². The number of rotatable bonds is 5. The molecule has 1 aromatic rings. The molecule has 0 aromatic heterocycles. The highest BCUT2D eigenvalue weighted by Gasteiger charge is 2.24. The lowest BCUT2D eigenvalue weighted by Gasteiger charge is -2.24. The zero-order valence-corrected chi connectivity index (χ0v) is 13.5. The van der Waals surface area contributed by atoms with E-state index >= 15 is 0 Å². The number of aliphatic hydroxyl groups is 1. The fraction of sp³-hybridized carbons (Fsp3) is 0.588. The van der Waals surface area contributed by atoms with E-state index in [1.807, 2.05) is 0 Å². The van der Waals surface area contributed by atoms with Crippen LogP contribution in [0.4, 0.5) is 9.18 Å². The van der Waals surface area contributed by atoms with Gasteiger partial charge in [0, 0.05) is 25.1 Å². The fourth-order valence-corrected chi connectivity index (χ4v) is 3.01. The lowest BCUT2D eigenvalue weighted by Crippen LogP contribution is -2.45. The molecule has 0 heterocycles. The summed E-state index contributed by atoms with van der Waals surface area (Å²) in [4.78, 5) is 12.0. The van der Waals surface area contributed by atoms with E-state index in [0.29, 0.717) is 5.56 Å². The minimum absolute atomic E-state index is 0.00453. The highest BCUT2D eigenvalue weighted by atomic mass is 19.1. The standard InChI is InChI=1S/C17H25FN2O3/c1-23-16-8-7-12(9-14(16)18)10-19-17(22)20-15-6-4-2-3-5-13(15)11-21/h7-9,13,15,21H,2-6,10-11H2,1H3,(H2,19,20,22). The van der Waals surface area contributed by atoms with Crippen LogP contribution in [0.25, 0.3) is 0 Å². The second-order valence-corrected chi connectivity index (χ2v) is 5.98. The second kappa shape index (κ2) is 8.72. The smallest absolute Gasteiger partial charge is 0.315 e. The summed E-state index contributed by atoms with van der Waals surface area (Å²) in [5.41, 5.74) is 0.665. The van der Waals surface area contributed by atoms with Crippen LogP contribution >= 0.6 is 0 Å². The molecule has 23 heavy (non-hydrogen) atoms. The number of aliphatic hydroxyl groups excluding tert-OH is 1. The second-order valence-electron chi connectivity index (χ2n) is 5.98. The number of urea groups is 1. The average Bonchev–Trinajstić information content (AvgIpc) is 2.78. The maximum Gasteiger partial charge on any atom is 0.315 e. The van der Waals surface area contributed by atoms with Crippen LogP contribution in [-0.4, -0.2) is 30.9 Å². The maximum atomic E-state index is 13.6. The van der Waals surface area contributed by atoms with Gasteiger partial charge in [0.1, 0.15) is 0 Å². The van der Waals surface area contributed by atoms with E-state index in [9.17, 15) is 14.3 Å². The molecule has 2 unspecified atom stereocenters. The van der Waals surface area contributed by atoms with E-state index in [4.69, 9.17) is 4.74 Å². The molecule has 2 atom stereocenters. The molecule has 3 N–H and O–H groups in total. The number of amides is 2. The first-order valence-corrected chi connectivity index (χ1v) is 8.11. The average molecular weight is 324 g/mol. The minimum Gasteiger partial charge on any atom is -0.494 e. The molecule has 2 rings (SSSR count). The van der Waals surface area contributed by atoms with Gasteiger partial charge in [0.2, 0.25) is 0 Å². The number of ether oxygens (including phenoxy) is 1. The van der Waals surface area contributed by atoms with Gasteiger partial charge in [-0.1, -0.05) is 25.3 Å². The third kappa shape index (κ3) is 5.10. The Balaban J connectivity index is 1.85. The lowest BCUT2D eigenvalue weighted by molar-refractivity contribution is 0.179. The quantitative estimate of drug-likeness (QED) is 0.729. The van der Waals surface area contributed by atoms with Crippen molar-refractivity contribution in [2.45, 2.75) is 44.7 Å². The summed E-state index contributed by atoms with van der Waals surface area (Å²) < 4.78 is 18.5. The molecule has 6 heteroatoms. The third-order valence-electron chi connectivity index (χ3n) is 4.38. The Kier molecular flexibility index (Phi) is 6.65. The van der Waals surface area contributed by atoms with Crippen molar-refractivity contribution in [1.29, 1.82) is 0 Å². The van der Waals surface area contributed by atoms with Crippen molar-refractivity contribution >= 4 is 6.03 Å². The third-order valence-corrected chi connectivity index (χ3v) is 4.38. The van der Waals surface area contributed by atoms with E-state index in [-0.39, 0.29) is 36.9 Å². The van der Waals surface area contributed by atoms with Crippen molar-refractivity contribution < 1.29 is 19.0 Å². The molecule has 128 valence electrons. The van der Waals surface area contributed by atoms with E-state index in [0.717, 1.165) is 32.1 Å². The van der Waals surface area contributed by atoms with Crippen LogP contribution in [0.2, 0.25) is 0 Å². The number of carbonyl (C=O) groups excluding carboxylic acids is 1. The Morgan fingerprint density at radius 1 is 1.35 bits per heavy atom. The van der Waals surface area contributed by atoms with Gasteiger partial charge in [-0.2, -0.15) is 0 Å². The number of benzene rings is 1. The van der Waals surface area contributed by atoms with Gasteiger partial charge in [-0.05, 0) is 30.5 Å². The van der Waals surface area contributed by atoms with Gasteiger partial charge in [-0.3, -0.25) is 0 Å². The molecule has 1 aliphatic carbocycles. The van der Waals surface area contributed by atoms with Gasteiger partial charge in [-0.25, -0.2) is 9.18 Å². The van der Waals surface area contributed by atoms with Crippen molar-refractivity contribution in [1.82, 2.24) is 10.6 Å². The van der Waals surface area contributed by atoms with Crippen molar-refractivity contribution in [3.8, 4) is 5.75 Å². The Hall–Kier alpha value is -1.82. The predicted molar refractivity (Wildman–Crippen MR) is 85.8 cm³/mol. The van der Waals surface area contributed by atoms with Gasteiger partial charge in [-0.15, -0.1) is 0 Å². The van der Waals surface area contributed by atoms with E-state index < -0.39 is 5.82 Å². The van der Waals surface area contributed by atoms with E-state index in [1.54, 1.807) is 6.07 Å². The number of methoxy groups -OCH3 is 1. The number of hydrogen-bond donors (Lipinski definition) is 3. The summed E-state index contributed by atoms with van der Waals surface area (Å²) >= 11 is 0. The van der Waals surface area contributed by atoms with Gasteiger partial charge in [0.05, 0.1) is 7.11 Å². The van der Waals surface area contributed by atoms with Crippen molar-refractivity contribution in [2.24, 2.45) is 5.92 Å². The monoisotopic (exact) mass is 324 g/mol. The predicted octanol–water partition coefficient (Wildman–Crippen LogP) is 2.57. The number of carbonyl (C=O) groups is 1. The molecular formula is C17H25FN2O3. The molecule has 1 aromatic carbocycles. The van der Waals surface area contributed by atoms with Crippen LogP contribution < -0.4 is 15.4 Å². The van der Waals surface area contributed by atoms with E-state index in [2.05, 4.69) is 10.6 Å². The highest BCUT2D eigenvalue weighted by Crippen LogP contribution is 2.23. The molecule has 0 radical (unpaired) electrons. The van der Waals surface area contributed by atoms with Gasteiger partial charge in [0.15, 0.2) is 11.6 Å². The fourth-order valence-electron chi connectivity index (χ4n) is 3.01. The Bertz CT molecular complexity index is 525. The number of halogens is 1. The lowest BCUT2D eigenvalue weighted by atomic mass is 9.96. The summed E-state index contributed by atoms with van der Waals surface area (Å²) in [6.07, 6.45) is 5.11. The van der Waals surface area contributed by atoms with Crippen LogP contribution in [0, 0.1) is 11.7 Å². The van der Waals surface area contributed by atoms with Crippen LogP contribution in [-0.2, 0) is 6.54 Å². The summed E-state index contributed by atoms with van der Waals surface area (Å²) in [5, 5.41) is 15.1. The SMILES string of the molecule is COc1ccc(CNC(=O)NC2CCCCCC2CO)cc1F. The molecule has 1 aliphatic rings. The molecule has 1 fully saturated rings. The molecule has 0 bridgehead atoms. The summed E-state index contributed by atoms with van der Waals surface area (Å²) in [6.45, 7) is 0.331. The Morgan fingerprint density at radius 2 is 2.13 bits per heavy atom. The molecule has 0 spiro atoms. The topological polar surface area (TPSA) is 70.6 Å². The van der Waals surface area contributed by atoms with Gasteiger partial charge >= 0.3 is 6.03 Å². The molecule has 0 aliphatic heterocycles. The highest BCUT2D eigenvalue weighted by molar-refractivity contribution is 5.74. The summed E-state index contributed by atoms with van der Waals surface area (Å²) in [6, 6.07) is 4.31. The first-order valence-electron chi connectivity index (χ1n) is 8.11. The zero-order chi connectivity index (χ0) is 16.7. The van der Waals surface area contributed by atoms with Crippen molar-refractivity contribution in [2.75, 3.05) is 13.7 Å². The summed E-state index contributed by atoms with van der Waals surface area (Å²) in [5.74, 6) is -0.152. The van der Waals surface area contributed by atoms with Crippen LogP contribution in [0.3, 0.4) is 0 Å². The molecular weight excluding hydrogens is 299 g/mol.